The normalized spacial score (nSPS) is 18.4. The van der Waals surface area contributed by atoms with Crippen molar-refractivity contribution in [1.82, 2.24) is 0 Å². The summed E-state index contributed by atoms with van der Waals surface area (Å²) in [6, 6.07) is 5.78. The number of ether oxygens (including phenoxy) is 1. The Morgan fingerprint density at radius 3 is 3.00 bits per heavy atom. The maximum atomic E-state index is 12.0. The number of ketones is 1. The van der Waals surface area contributed by atoms with E-state index in [1.165, 1.54) is 0 Å². The van der Waals surface area contributed by atoms with Crippen molar-refractivity contribution in [2.45, 2.75) is 26.2 Å². The molecule has 84 valence electrons. The molecule has 0 saturated heterocycles. The number of aryl methyl sites for hydroxylation is 1. The molecule has 0 amide bonds. The summed E-state index contributed by atoms with van der Waals surface area (Å²) in [5.41, 5.74) is 1.83. The summed E-state index contributed by atoms with van der Waals surface area (Å²) in [7, 11) is 0. The Morgan fingerprint density at radius 1 is 1.25 bits per heavy atom. The third kappa shape index (κ3) is 2.51. The predicted octanol–water partition coefficient (Wildman–Crippen LogP) is 3.30. The summed E-state index contributed by atoms with van der Waals surface area (Å²) in [6.45, 7) is 2.54. The van der Waals surface area contributed by atoms with Crippen LogP contribution in [0.25, 0.3) is 0 Å². The average Bonchev–Trinajstić information content (AvgIpc) is 2.29. The van der Waals surface area contributed by atoms with Crippen LogP contribution in [0.4, 0.5) is 0 Å². The van der Waals surface area contributed by atoms with Crippen LogP contribution in [0.5, 0.6) is 5.75 Å². The zero-order valence-electron chi connectivity index (χ0n) is 9.53. The first-order valence-corrected chi connectivity index (χ1v) is 5.69. The molecule has 0 N–H and O–H groups in total. The molecule has 0 spiro atoms. The van der Waals surface area contributed by atoms with Gasteiger partial charge in [0, 0.05) is 6.42 Å². The number of benzene rings is 1. The fourth-order valence-corrected chi connectivity index (χ4v) is 1.83. The number of carbonyl (C=O) groups excluding carboxylic acids is 1. The largest absolute Gasteiger partial charge is 0.489 e. The monoisotopic (exact) mass is 216 g/mol. The molecular formula is C14H16O2. The van der Waals surface area contributed by atoms with Crippen LogP contribution in [-0.2, 0) is 0 Å². The molecule has 2 rings (SSSR count). The van der Waals surface area contributed by atoms with E-state index in [-0.39, 0.29) is 5.78 Å². The summed E-state index contributed by atoms with van der Waals surface area (Å²) >= 11 is 0. The van der Waals surface area contributed by atoms with E-state index in [2.05, 4.69) is 6.08 Å². The van der Waals surface area contributed by atoms with Gasteiger partial charge in [-0.05, 0) is 31.9 Å². The van der Waals surface area contributed by atoms with E-state index in [4.69, 9.17) is 4.74 Å². The van der Waals surface area contributed by atoms with Crippen LogP contribution in [0.1, 0.15) is 35.2 Å². The van der Waals surface area contributed by atoms with E-state index in [1.807, 2.05) is 31.2 Å². The van der Waals surface area contributed by atoms with Crippen molar-refractivity contribution in [3.05, 3.63) is 41.5 Å². The van der Waals surface area contributed by atoms with E-state index < -0.39 is 0 Å². The third-order valence-electron chi connectivity index (χ3n) is 2.71. The molecule has 0 saturated carbocycles. The molecule has 16 heavy (non-hydrogen) atoms. The van der Waals surface area contributed by atoms with Gasteiger partial charge in [-0.15, -0.1) is 0 Å². The molecule has 0 bridgehead atoms. The fourth-order valence-electron chi connectivity index (χ4n) is 1.83. The Bertz CT molecular complexity index is 419. The fraction of sp³-hybridized carbons (Fsp3) is 0.357. The second-order valence-electron chi connectivity index (χ2n) is 4.10. The Kier molecular flexibility index (Phi) is 3.40. The second kappa shape index (κ2) is 4.97. The van der Waals surface area contributed by atoms with Crippen molar-refractivity contribution in [2.75, 3.05) is 6.61 Å². The standard InChI is InChI=1S/C14H16O2/c1-11-7-8-14-12(10-11)13(15)6-4-2-3-5-9-16-14/h3,5,7-8,10H,2,4,6,9H2,1H3/b5-3-. The Hall–Kier alpha value is -1.57. The summed E-state index contributed by atoms with van der Waals surface area (Å²) in [4.78, 5) is 12.0. The highest BCUT2D eigenvalue weighted by molar-refractivity contribution is 5.98. The minimum Gasteiger partial charge on any atom is -0.489 e. The summed E-state index contributed by atoms with van der Waals surface area (Å²) < 4.78 is 5.58. The molecule has 0 unspecified atom stereocenters. The highest BCUT2D eigenvalue weighted by Gasteiger charge is 2.12. The van der Waals surface area contributed by atoms with Crippen molar-refractivity contribution in [3.8, 4) is 5.75 Å². The smallest absolute Gasteiger partial charge is 0.166 e. The van der Waals surface area contributed by atoms with Gasteiger partial charge < -0.3 is 4.74 Å². The topological polar surface area (TPSA) is 26.3 Å². The number of hydrogen-bond acceptors (Lipinski definition) is 2. The van der Waals surface area contributed by atoms with Gasteiger partial charge in [-0.3, -0.25) is 4.79 Å². The zero-order chi connectivity index (χ0) is 11.4. The van der Waals surface area contributed by atoms with Gasteiger partial charge in [0.15, 0.2) is 5.78 Å². The molecule has 1 aliphatic rings. The second-order valence-corrected chi connectivity index (χ2v) is 4.10. The van der Waals surface area contributed by atoms with Crippen LogP contribution in [0, 0.1) is 6.92 Å². The molecular weight excluding hydrogens is 200 g/mol. The van der Waals surface area contributed by atoms with E-state index in [9.17, 15) is 4.79 Å². The lowest BCUT2D eigenvalue weighted by Crippen LogP contribution is -2.06. The average molecular weight is 216 g/mol. The first kappa shape index (κ1) is 10.9. The van der Waals surface area contributed by atoms with Crippen molar-refractivity contribution >= 4 is 5.78 Å². The van der Waals surface area contributed by atoms with Gasteiger partial charge in [-0.25, -0.2) is 0 Å². The predicted molar refractivity (Wildman–Crippen MR) is 64.0 cm³/mol. The van der Waals surface area contributed by atoms with E-state index >= 15 is 0 Å². The summed E-state index contributed by atoms with van der Waals surface area (Å²) in [5.74, 6) is 0.899. The Labute approximate surface area is 95.9 Å². The molecule has 0 atom stereocenters. The minimum atomic E-state index is 0.189. The summed E-state index contributed by atoms with van der Waals surface area (Å²) in [5, 5.41) is 0. The minimum absolute atomic E-state index is 0.189. The lowest BCUT2D eigenvalue weighted by molar-refractivity contribution is 0.0976. The highest BCUT2D eigenvalue weighted by atomic mass is 16.5. The molecule has 2 heteroatoms. The van der Waals surface area contributed by atoms with Gasteiger partial charge in [0.2, 0.25) is 0 Å². The number of Topliss-reactive ketones (excluding diaryl/α,β-unsaturated/α-hetero) is 1. The summed E-state index contributed by atoms with van der Waals surface area (Å²) in [6.07, 6.45) is 6.56. The van der Waals surface area contributed by atoms with Gasteiger partial charge in [0.1, 0.15) is 12.4 Å². The number of fused-ring (bicyclic) bond motifs is 1. The molecule has 1 aliphatic heterocycles. The van der Waals surface area contributed by atoms with Crippen molar-refractivity contribution in [2.24, 2.45) is 0 Å². The van der Waals surface area contributed by atoms with Gasteiger partial charge >= 0.3 is 0 Å². The van der Waals surface area contributed by atoms with E-state index in [1.54, 1.807) is 0 Å². The van der Waals surface area contributed by atoms with Gasteiger partial charge in [0.05, 0.1) is 5.56 Å². The molecule has 2 nitrogen and oxygen atoms in total. The Morgan fingerprint density at radius 2 is 2.12 bits per heavy atom. The van der Waals surface area contributed by atoms with Gasteiger partial charge in [0.25, 0.3) is 0 Å². The van der Waals surface area contributed by atoms with E-state index in [0.29, 0.717) is 18.8 Å². The molecule has 1 aromatic carbocycles. The molecule has 1 aromatic rings. The van der Waals surface area contributed by atoms with Crippen molar-refractivity contribution in [1.29, 1.82) is 0 Å². The maximum absolute atomic E-state index is 12.0. The van der Waals surface area contributed by atoms with Crippen LogP contribution >= 0.6 is 0 Å². The third-order valence-corrected chi connectivity index (χ3v) is 2.71. The number of hydrogen-bond donors (Lipinski definition) is 0. The van der Waals surface area contributed by atoms with Crippen molar-refractivity contribution in [3.63, 3.8) is 0 Å². The van der Waals surface area contributed by atoms with E-state index in [0.717, 1.165) is 24.0 Å². The van der Waals surface area contributed by atoms with Gasteiger partial charge in [-0.1, -0.05) is 23.8 Å². The maximum Gasteiger partial charge on any atom is 0.166 e. The zero-order valence-corrected chi connectivity index (χ0v) is 9.53. The molecule has 0 radical (unpaired) electrons. The van der Waals surface area contributed by atoms with Crippen LogP contribution < -0.4 is 4.74 Å². The highest BCUT2D eigenvalue weighted by Crippen LogP contribution is 2.23. The lowest BCUT2D eigenvalue weighted by atomic mass is 10.0. The van der Waals surface area contributed by atoms with Gasteiger partial charge in [-0.2, -0.15) is 0 Å². The quantitative estimate of drug-likeness (QED) is 0.622. The van der Waals surface area contributed by atoms with Crippen LogP contribution in [0.3, 0.4) is 0 Å². The first-order chi connectivity index (χ1) is 7.77. The molecule has 1 heterocycles. The lowest BCUT2D eigenvalue weighted by Gasteiger charge is -2.11. The number of allylic oxidation sites excluding steroid dienone is 1. The van der Waals surface area contributed by atoms with Crippen LogP contribution in [0.2, 0.25) is 0 Å². The van der Waals surface area contributed by atoms with Crippen molar-refractivity contribution < 1.29 is 9.53 Å². The molecule has 0 fully saturated rings. The SMILES string of the molecule is Cc1ccc2c(c1)C(=O)CCC/C=C\CO2. The van der Waals surface area contributed by atoms with Crippen LogP contribution in [0.15, 0.2) is 30.4 Å². The first-order valence-electron chi connectivity index (χ1n) is 5.69. The van der Waals surface area contributed by atoms with Crippen LogP contribution in [-0.4, -0.2) is 12.4 Å². The molecule has 0 aromatic heterocycles. The molecule has 0 aliphatic carbocycles. The number of carbonyl (C=O) groups is 1. The Balaban J connectivity index is 2.34. The number of rotatable bonds is 0.